The summed E-state index contributed by atoms with van der Waals surface area (Å²) in [5, 5.41) is 0. The number of carbonyl (C=O) groups is 1. The van der Waals surface area contributed by atoms with Crippen LogP contribution in [0.1, 0.15) is 20.3 Å². The van der Waals surface area contributed by atoms with Gasteiger partial charge in [-0.25, -0.2) is 13.6 Å². The molecular weight excluding hydrogens is 520 g/mol. The van der Waals surface area contributed by atoms with Crippen LogP contribution >= 0.6 is 0 Å². The van der Waals surface area contributed by atoms with Crippen LogP contribution in [0.15, 0.2) is 0 Å². The number of carbonyl (C=O) groups excluding carboxylic acids is 1. The Morgan fingerprint density at radius 1 is 0.697 bits per heavy atom. The Bertz CT molecular complexity index is 690. The Kier molecular flexibility index (Phi) is 8.56. The molecule has 0 fully saturated rings. The topological polar surface area (TPSA) is 35.5 Å². The van der Waals surface area contributed by atoms with Crippen LogP contribution in [0.25, 0.3) is 0 Å². The zero-order chi connectivity index (χ0) is 27.1. The average molecular weight is 532 g/mol. The molecule has 0 saturated heterocycles. The summed E-state index contributed by atoms with van der Waals surface area (Å²) in [6.07, 6.45) is -9.36. The molecule has 0 spiro atoms. The molecular formula is C14H12F16O3. The summed E-state index contributed by atoms with van der Waals surface area (Å²) < 4.78 is 217. The summed E-state index contributed by atoms with van der Waals surface area (Å²) in [4.78, 5) is 11.0. The van der Waals surface area contributed by atoms with Crippen molar-refractivity contribution in [2.45, 2.75) is 74.3 Å². The van der Waals surface area contributed by atoms with Crippen molar-refractivity contribution in [3.63, 3.8) is 0 Å². The van der Waals surface area contributed by atoms with Gasteiger partial charge < -0.3 is 9.47 Å². The number of hydrogen-bond donors (Lipinski definition) is 0. The molecule has 198 valence electrons. The number of hydrogen-bond acceptors (Lipinski definition) is 3. The van der Waals surface area contributed by atoms with Crippen molar-refractivity contribution in [3.05, 3.63) is 0 Å². The van der Waals surface area contributed by atoms with Crippen molar-refractivity contribution in [3.8, 4) is 0 Å². The van der Waals surface area contributed by atoms with E-state index in [-0.39, 0.29) is 6.42 Å². The molecule has 33 heavy (non-hydrogen) atoms. The van der Waals surface area contributed by atoms with E-state index in [9.17, 15) is 75.0 Å². The highest BCUT2D eigenvalue weighted by Gasteiger charge is 2.93. The minimum Gasteiger partial charge on any atom is -0.431 e. The standard InChI is InChI=1S/C14H12F16O3/c1-3-5(2)33-7(31)32-4-8(17,18)10(21,22)12(25,26)14(29,30)13(27,28)11(23,24)9(19,20)6(15)16/h5-6H,3-4H2,1-2H3/t5-/m1/s1. The number of rotatable bonds is 11. The first-order valence-electron chi connectivity index (χ1n) is 8.05. The van der Waals surface area contributed by atoms with Gasteiger partial charge in [0.1, 0.15) is 6.10 Å². The minimum absolute atomic E-state index is 0.0432. The first kappa shape index (κ1) is 31.1. The molecule has 0 aliphatic rings. The zero-order valence-electron chi connectivity index (χ0n) is 15.8. The van der Waals surface area contributed by atoms with Gasteiger partial charge in [-0.3, -0.25) is 0 Å². The third-order valence-corrected chi connectivity index (χ3v) is 3.97. The van der Waals surface area contributed by atoms with Crippen molar-refractivity contribution < 1.29 is 84.5 Å². The number of halogens is 16. The van der Waals surface area contributed by atoms with Gasteiger partial charge in [-0.05, 0) is 13.3 Å². The lowest BCUT2D eigenvalue weighted by atomic mass is 9.89. The van der Waals surface area contributed by atoms with Gasteiger partial charge in [0.15, 0.2) is 6.61 Å². The van der Waals surface area contributed by atoms with Crippen molar-refractivity contribution in [1.82, 2.24) is 0 Å². The van der Waals surface area contributed by atoms with Crippen LogP contribution in [-0.4, -0.2) is 66.7 Å². The second-order valence-corrected chi connectivity index (χ2v) is 6.38. The Hall–Kier alpha value is -1.85. The van der Waals surface area contributed by atoms with Crippen LogP contribution in [0.5, 0.6) is 0 Å². The highest BCUT2D eigenvalue weighted by Crippen LogP contribution is 2.62. The molecule has 0 aromatic rings. The van der Waals surface area contributed by atoms with E-state index in [1.807, 2.05) is 0 Å². The minimum atomic E-state index is -8.49. The summed E-state index contributed by atoms with van der Waals surface area (Å²) in [5.74, 6) is -55.4. The van der Waals surface area contributed by atoms with Crippen molar-refractivity contribution in [1.29, 1.82) is 0 Å². The lowest BCUT2D eigenvalue weighted by molar-refractivity contribution is -0.447. The Morgan fingerprint density at radius 2 is 1.06 bits per heavy atom. The smallest absolute Gasteiger partial charge is 0.431 e. The fraction of sp³-hybridized carbons (Fsp3) is 0.929. The number of alkyl halides is 16. The molecule has 0 radical (unpaired) electrons. The van der Waals surface area contributed by atoms with E-state index in [1.165, 1.54) is 6.92 Å². The summed E-state index contributed by atoms with van der Waals surface area (Å²) in [6.45, 7) is -0.882. The third kappa shape index (κ3) is 4.85. The fourth-order valence-corrected chi connectivity index (χ4v) is 1.69. The SMILES string of the molecule is CC[C@@H](C)OC(=O)OCC(F)(F)C(F)(F)C(F)(F)C(F)(F)C(F)(F)C(F)(F)C(F)(F)C(F)F. The molecule has 3 nitrogen and oxygen atoms in total. The maximum atomic E-state index is 13.5. The first-order chi connectivity index (χ1) is 14.3. The Balaban J connectivity index is 6.22. The van der Waals surface area contributed by atoms with E-state index < -0.39 is 66.7 Å². The van der Waals surface area contributed by atoms with E-state index in [0.717, 1.165) is 6.92 Å². The van der Waals surface area contributed by atoms with Crippen LogP contribution in [0, 0.1) is 0 Å². The summed E-state index contributed by atoms with van der Waals surface area (Å²) >= 11 is 0. The number of ether oxygens (including phenoxy) is 2. The quantitative estimate of drug-likeness (QED) is 0.221. The third-order valence-electron chi connectivity index (χ3n) is 3.97. The fourth-order valence-electron chi connectivity index (χ4n) is 1.69. The van der Waals surface area contributed by atoms with Gasteiger partial charge in [0, 0.05) is 0 Å². The van der Waals surface area contributed by atoms with Gasteiger partial charge in [-0.1, -0.05) is 6.92 Å². The van der Waals surface area contributed by atoms with Gasteiger partial charge in [0.05, 0.1) is 0 Å². The first-order valence-corrected chi connectivity index (χ1v) is 8.05. The predicted molar refractivity (Wildman–Crippen MR) is 72.8 cm³/mol. The molecule has 0 N–H and O–H groups in total. The zero-order valence-corrected chi connectivity index (χ0v) is 15.8. The Labute approximate surface area is 173 Å². The summed E-state index contributed by atoms with van der Waals surface area (Å²) in [5.41, 5.74) is 0. The maximum absolute atomic E-state index is 13.5. The van der Waals surface area contributed by atoms with Gasteiger partial charge in [0.25, 0.3) is 0 Å². The predicted octanol–water partition coefficient (Wildman–Crippen LogP) is 6.65. The Morgan fingerprint density at radius 3 is 1.42 bits per heavy atom. The summed E-state index contributed by atoms with van der Waals surface area (Å²) in [6, 6.07) is 0. The highest BCUT2D eigenvalue weighted by molar-refractivity contribution is 5.60. The molecule has 0 bridgehead atoms. The molecule has 0 aliphatic carbocycles. The van der Waals surface area contributed by atoms with Crippen LogP contribution in [-0.2, 0) is 9.47 Å². The largest absolute Gasteiger partial charge is 0.508 e. The lowest BCUT2D eigenvalue weighted by Crippen LogP contribution is -2.74. The van der Waals surface area contributed by atoms with E-state index in [1.54, 1.807) is 0 Å². The molecule has 0 rings (SSSR count). The van der Waals surface area contributed by atoms with Crippen LogP contribution < -0.4 is 0 Å². The molecule has 0 heterocycles. The molecule has 0 aromatic carbocycles. The van der Waals surface area contributed by atoms with Gasteiger partial charge in [0.2, 0.25) is 0 Å². The second-order valence-electron chi connectivity index (χ2n) is 6.38. The van der Waals surface area contributed by atoms with Crippen molar-refractivity contribution in [2.75, 3.05) is 6.61 Å². The van der Waals surface area contributed by atoms with Gasteiger partial charge >= 0.3 is 54.0 Å². The van der Waals surface area contributed by atoms with E-state index in [4.69, 9.17) is 0 Å². The average Bonchev–Trinajstić information content (AvgIpc) is 2.65. The van der Waals surface area contributed by atoms with E-state index >= 15 is 0 Å². The molecule has 19 heteroatoms. The molecule has 0 amide bonds. The molecule has 0 aromatic heterocycles. The van der Waals surface area contributed by atoms with Gasteiger partial charge in [-0.2, -0.15) is 61.5 Å². The summed E-state index contributed by atoms with van der Waals surface area (Å²) in [7, 11) is 0. The molecule has 0 unspecified atom stereocenters. The van der Waals surface area contributed by atoms with Gasteiger partial charge in [-0.15, -0.1) is 0 Å². The molecule has 1 atom stereocenters. The maximum Gasteiger partial charge on any atom is 0.508 e. The van der Waals surface area contributed by atoms with Crippen LogP contribution in [0.3, 0.4) is 0 Å². The lowest BCUT2D eigenvalue weighted by Gasteiger charge is -2.42. The van der Waals surface area contributed by atoms with Crippen LogP contribution in [0.4, 0.5) is 75.0 Å². The molecule has 0 saturated carbocycles. The highest BCUT2D eigenvalue weighted by atomic mass is 19.4. The monoisotopic (exact) mass is 532 g/mol. The second kappa shape index (κ2) is 9.07. The van der Waals surface area contributed by atoms with Crippen molar-refractivity contribution >= 4 is 6.16 Å². The van der Waals surface area contributed by atoms with E-state index in [0.29, 0.717) is 0 Å². The normalized spacial score (nSPS) is 16.1. The molecule has 0 aliphatic heterocycles. The van der Waals surface area contributed by atoms with Crippen molar-refractivity contribution in [2.24, 2.45) is 0 Å². The van der Waals surface area contributed by atoms with E-state index in [2.05, 4.69) is 9.47 Å². The van der Waals surface area contributed by atoms with Crippen LogP contribution in [0.2, 0.25) is 0 Å².